The standard InChI is InChI=1S/C25H36O2/c1-5-8-10-19-17-21(12-14-23(19)26)25(4,16-7-3)22-13-15-24(27)20(18-22)11-9-6-2/h12-15,17-18,26-27H,5-11,16H2,1-4H3. The second-order valence-electron chi connectivity index (χ2n) is 7.98. The van der Waals surface area contributed by atoms with Crippen molar-refractivity contribution >= 4 is 0 Å². The van der Waals surface area contributed by atoms with E-state index in [9.17, 15) is 10.2 Å². The number of hydrogen-bond acceptors (Lipinski definition) is 2. The molecule has 0 unspecified atom stereocenters. The summed E-state index contributed by atoms with van der Waals surface area (Å²) in [5, 5.41) is 20.5. The van der Waals surface area contributed by atoms with Crippen molar-refractivity contribution < 1.29 is 10.2 Å². The van der Waals surface area contributed by atoms with Gasteiger partial charge in [-0.15, -0.1) is 0 Å². The molecule has 0 bridgehead atoms. The number of phenols is 2. The Balaban J connectivity index is 2.48. The van der Waals surface area contributed by atoms with E-state index in [1.807, 2.05) is 12.1 Å². The smallest absolute Gasteiger partial charge is 0.118 e. The summed E-state index contributed by atoms with van der Waals surface area (Å²) in [6.45, 7) is 8.87. The van der Waals surface area contributed by atoms with E-state index in [2.05, 4.69) is 52.0 Å². The molecule has 27 heavy (non-hydrogen) atoms. The highest BCUT2D eigenvalue weighted by atomic mass is 16.3. The van der Waals surface area contributed by atoms with Crippen LogP contribution in [0.3, 0.4) is 0 Å². The predicted molar refractivity (Wildman–Crippen MR) is 115 cm³/mol. The van der Waals surface area contributed by atoms with Gasteiger partial charge in [0, 0.05) is 5.41 Å². The van der Waals surface area contributed by atoms with Crippen LogP contribution >= 0.6 is 0 Å². The van der Waals surface area contributed by atoms with Gasteiger partial charge in [-0.05, 0) is 66.5 Å². The minimum Gasteiger partial charge on any atom is -0.508 e. The van der Waals surface area contributed by atoms with Crippen LogP contribution in [0.5, 0.6) is 11.5 Å². The molecular formula is C25H36O2. The molecule has 2 aromatic carbocycles. The first-order valence-corrected chi connectivity index (χ1v) is 10.6. The van der Waals surface area contributed by atoms with E-state index in [0.29, 0.717) is 11.5 Å². The number of aromatic hydroxyl groups is 2. The average Bonchev–Trinajstić information content (AvgIpc) is 2.66. The Hall–Kier alpha value is -1.96. The third-order valence-electron chi connectivity index (χ3n) is 5.78. The maximum Gasteiger partial charge on any atom is 0.118 e. The van der Waals surface area contributed by atoms with Gasteiger partial charge in [-0.2, -0.15) is 0 Å². The maximum absolute atomic E-state index is 10.3. The van der Waals surface area contributed by atoms with E-state index in [0.717, 1.165) is 62.5 Å². The molecule has 148 valence electrons. The number of hydrogen-bond donors (Lipinski definition) is 2. The van der Waals surface area contributed by atoms with Gasteiger partial charge in [0.15, 0.2) is 0 Å². The molecule has 0 saturated carbocycles. The molecule has 0 aliphatic rings. The molecule has 0 aromatic heterocycles. The predicted octanol–water partition coefficient (Wildman–Crippen LogP) is 6.89. The molecule has 2 rings (SSSR count). The molecule has 0 fully saturated rings. The highest BCUT2D eigenvalue weighted by Crippen LogP contribution is 2.40. The second kappa shape index (κ2) is 9.82. The Labute approximate surface area is 165 Å². The highest BCUT2D eigenvalue weighted by Gasteiger charge is 2.29. The van der Waals surface area contributed by atoms with E-state index in [1.165, 1.54) is 11.1 Å². The quantitative estimate of drug-likeness (QED) is 0.479. The molecule has 0 amide bonds. The lowest BCUT2D eigenvalue weighted by atomic mass is 9.72. The van der Waals surface area contributed by atoms with Crippen molar-refractivity contribution in [2.24, 2.45) is 0 Å². The third-order valence-corrected chi connectivity index (χ3v) is 5.78. The molecule has 0 spiro atoms. The van der Waals surface area contributed by atoms with Crippen LogP contribution in [0.1, 0.15) is 88.5 Å². The Morgan fingerprint density at radius 2 is 1.15 bits per heavy atom. The lowest BCUT2D eigenvalue weighted by molar-refractivity contribution is 0.460. The van der Waals surface area contributed by atoms with Crippen molar-refractivity contribution in [1.29, 1.82) is 0 Å². The minimum atomic E-state index is -0.127. The van der Waals surface area contributed by atoms with Crippen molar-refractivity contribution in [1.82, 2.24) is 0 Å². The fourth-order valence-electron chi connectivity index (χ4n) is 3.95. The van der Waals surface area contributed by atoms with E-state index in [-0.39, 0.29) is 5.41 Å². The molecule has 0 heterocycles. The van der Waals surface area contributed by atoms with E-state index >= 15 is 0 Å². The van der Waals surface area contributed by atoms with Crippen molar-refractivity contribution in [3.05, 3.63) is 58.7 Å². The van der Waals surface area contributed by atoms with Crippen molar-refractivity contribution in [3.63, 3.8) is 0 Å². The lowest BCUT2D eigenvalue weighted by Crippen LogP contribution is -2.24. The fourth-order valence-corrected chi connectivity index (χ4v) is 3.95. The number of rotatable bonds is 10. The fraction of sp³-hybridized carbons (Fsp3) is 0.520. The van der Waals surface area contributed by atoms with Crippen LogP contribution in [0.2, 0.25) is 0 Å². The van der Waals surface area contributed by atoms with Gasteiger partial charge in [0.2, 0.25) is 0 Å². The summed E-state index contributed by atoms with van der Waals surface area (Å²) in [6, 6.07) is 12.2. The Kier molecular flexibility index (Phi) is 7.77. The van der Waals surface area contributed by atoms with Gasteiger partial charge >= 0.3 is 0 Å². The zero-order chi connectivity index (χ0) is 19.9. The Bertz CT molecular complexity index is 676. The van der Waals surface area contributed by atoms with Crippen LogP contribution in [0, 0.1) is 0 Å². The summed E-state index contributed by atoms with van der Waals surface area (Å²) in [6.07, 6.45) is 8.34. The summed E-state index contributed by atoms with van der Waals surface area (Å²) in [4.78, 5) is 0. The summed E-state index contributed by atoms with van der Waals surface area (Å²) in [5.74, 6) is 0.806. The molecule has 0 atom stereocenters. The molecule has 0 aliphatic carbocycles. The van der Waals surface area contributed by atoms with Crippen molar-refractivity contribution in [3.8, 4) is 11.5 Å². The number of benzene rings is 2. The third kappa shape index (κ3) is 5.06. The van der Waals surface area contributed by atoms with Crippen LogP contribution in [0.25, 0.3) is 0 Å². The van der Waals surface area contributed by atoms with Crippen LogP contribution in [0.4, 0.5) is 0 Å². The number of phenolic OH excluding ortho intramolecular Hbond substituents is 2. The van der Waals surface area contributed by atoms with Crippen LogP contribution < -0.4 is 0 Å². The Morgan fingerprint density at radius 1 is 0.704 bits per heavy atom. The highest BCUT2D eigenvalue weighted by molar-refractivity contribution is 5.47. The largest absolute Gasteiger partial charge is 0.508 e. The lowest BCUT2D eigenvalue weighted by Gasteiger charge is -2.32. The van der Waals surface area contributed by atoms with Crippen molar-refractivity contribution in [2.45, 2.75) is 84.5 Å². The first-order valence-electron chi connectivity index (χ1n) is 10.6. The van der Waals surface area contributed by atoms with E-state index in [4.69, 9.17) is 0 Å². The number of aryl methyl sites for hydroxylation is 2. The second-order valence-corrected chi connectivity index (χ2v) is 7.98. The first kappa shape index (κ1) is 21.3. The van der Waals surface area contributed by atoms with Gasteiger partial charge in [-0.1, -0.05) is 71.2 Å². The van der Waals surface area contributed by atoms with E-state index in [1.54, 1.807) is 0 Å². The first-order chi connectivity index (χ1) is 13.0. The summed E-state index contributed by atoms with van der Waals surface area (Å²) in [5.41, 5.74) is 4.46. The maximum atomic E-state index is 10.3. The Morgan fingerprint density at radius 3 is 1.52 bits per heavy atom. The van der Waals surface area contributed by atoms with Gasteiger partial charge in [0.25, 0.3) is 0 Å². The van der Waals surface area contributed by atoms with E-state index < -0.39 is 0 Å². The molecule has 0 saturated heterocycles. The monoisotopic (exact) mass is 368 g/mol. The van der Waals surface area contributed by atoms with Crippen LogP contribution in [-0.4, -0.2) is 10.2 Å². The average molecular weight is 369 g/mol. The SMILES string of the molecule is CCCCc1cc(C(C)(CCC)c2ccc(O)c(CCCC)c2)ccc1O. The van der Waals surface area contributed by atoms with Crippen LogP contribution in [0.15, 0.2) is 36.4 Å². The van der Waals surface area contributed by atoms with Gasteiger partial charge in [0.1, 0.15) is 11.5 Å². The minimum absolute atomic E-state index is 0.127. The number of unbranched alkanes of at least 4 members (excludes halogenated alkanes) is 2. The summed E-state index contributed by atoms with van der Waals surface area (Å²) >= 11 is 0. The van der Waals surface area contributed by atoms with Gasteiger partial charge in [0.05, 0.1) is 0 Å². The molecule has 2 aromatic rings. The molecule has 0 radical (unpaired) electrons. The normalized spacial score (nSPS) is 11.7. The van der Waals surface area contributed by atoms with Gasteiger partial charge in [-0.3, -0.25) is 0 Å². The van der Waals surface area contributed by atoms with Crippen molar-refractivity contribution in [2.75, 3.05) is 0 Å². The summed E-state index contributed by atoms with van der Waals surface area (Å²) in [7, 11) is 0. The zero-order valence-corrected chi connectivity index (χ0v) is 17.5. The van der Waals surface area contributed by atoms with Gasteiger partial charge in [-0.25, -0.2) is 0 Å². The molecule has 2 N–H and O–H groups in total. The zero-order valence-electron chi connectivity index (χ0n) is 17.5. The molecular weight excluding hydrogens is 332 g/mol. The molecule has 2 heteroatoms. The van der Waals surface area contributed by atoms with Crippen LogP contribution in [-0.2, 0) is 18.3 Å². The summed E-state index contributed by atoms with van der Waals surface area (Å²) < 4.78 is 0. The molecule has 2 nitrogen and oxygen atoms in total. The van der Waals surface area contributed by atoms with Gasteiger partial charge < -0.3 is 10.2 Å². The molecule has 0 aliphatic heterocycles. The topological polar surface area (TPSA) is 40.5 Å².